The van der Waals surface area contributed by atoms with Crippen molar-refractivity contribution in [2.45, 2.75) is 19.8 Å². The first kappa shape index (κ1) is 15.7. The van der Waals surface area contributed by atoms with Crippen molar-refractivity contribution in [2.24, 2.45) is 5.92 Å². The van der Waals surface area contributed by atoms with Crippen LogP contribution in [0.5, 0.6) is 0 Å². The average Bonchev–Trinajstić information content (AvgIpc) is 2.84. The zero-order valence-electron chi connectivity index (χ0n) is 13.1. The van der Waals surface area contributed by atoms with E-state index in [1.54, 1.807) is 13.4 Å². The predicted molar refractivity (Wildman–Crippen MR) is 81.2 cm³/mol. The number of rotatable bonds is 7. The fourth-order valence-electron chi connectivity index (χ4n) is 2.57. The smallest absolute Gasteiger partial charge is 0.223 e. The molecule has 1 fully saturated rings. The summed E-state index contributed by atoms with van der Waals surface area (Å²) in [5.41, 5.74) is 1.01. The van der Waals surface area contributed by atoms with E-state index in [2.05, 4.69) is 21.8 Å². The topological polar surface area (TPSA) is 58.6 Å². The van der Waals surface area contributed by atoms with Gasteiger partial charge in [-0.1, -0.05) is 0 Å². The van der Waals surface area contributed by atoms with E-state index in [1.807, 2.05) is 18.0 Å². The third-order valence-corrected chi connectivity index (χ3v) is 3.93. The van der Waals surface area contributed by atoms with Gasteiger partial charge in [-0.3, -0.25) is 4.79 Å². The fourth-order valence-corrected chi connectivity index (χ4v) is 2.57. The standard InChI is InChI=1S/C15H24N4O2/c1-4-18(2)14-9-13(16-11-17-14)7-12-8-15(20)19(10-12)5-6-21-3/h9,11-12H,4-8,10H2,1-3H3/t12-/m0/s1. The van der Waals surface area contributed by atoms with Crippen LogP contribution in [0.3, 0.4) is 0 Å². The number of hydrogen-bond donors (Lipinski definition) is 0. The Labute approximate surface area is 126 Å². The highest BCUT2D eigenvalue weighted by Gasteiger charge is 2.29. The fraction of sp³-hybridized carbons (Fsp3) is 0.667. The number of aromatic nitrogens is 2. The maximum absolute atomic E-state index is 11.9. The average molecular weight is 292 g/mol. The summed E-state index contributed by atoms with van der Waals surface area (Å²) in [5.74, 6) is 1.49. The van der Waals surface area contributed by atoms with Crippen LogP contribution in [-0.2, 0) is 16.0 Å². The molecule has 1 saturated heterocycles. The van der Waals surface area contributed by atoms with Gasteiger partial charge in [0.05, 0.1) is 6.61 Å². The maximum atomic E-state index is 11.9. The number of ether oxygens (including phenoxy) is 1. The molecule has 2 rings (SSSR count). The number of methoxy groups -OCH3 is 1. The van der Waals surface area contributed by atoms with Crippen molar-refractivity contribution in [3.05, 3.63) is 18.1 Å². The van der Waals surface area contributed by atoms with E-state index in [0.29, 0.717) is 25.5 Å². The number of amides is 1. The number of carbonyl (C=O) groups is 1. The van der Waals surface area contributed by atoms with Crippen molar-refractivity contribution in [2.75, 3.05) is 45.3 Å². The first-order valence-electron chi connectivity index (χ1n) is 7.42. The lowest BCUT2D eigenvalue weighted by atomic mass is 10.0. The molecule has 1 atom stereocenters. The van der Waals surface area contributed by atoms with Crippen molar-refractivity contribution in [1.82, 2.24) is 14.9 Å². The largest absolute Gasteiger partial charge is 0.383 e. The van der Waals surface area contributed by atoms with Gasteiger partial charge < -0.3 is 14.5 Å². The van der Waals surface area contributed by atoms with Crippen LogP contribution in [0.1, 0.15) is 19.0 Å². The van der Waals surface area contributed by atoms with Gasteiger partial charge in [-0.25, -0.2) is 9.97 Å². The molecule has 2 heterocycles. The number of likely N-dealkylation sites (tertiary alicyclic amines) is 1. The third-order valence-electron chi connectivity index (χ3n) is 3.93. The van der Waals surface area contributed by atoms with Gasteiger partial charge in [0.2, 0.25) is 5.91 Å². The number of carbonyl (C=O) groups excluding carboxylic acids is 1. The molecule has 1 aromatic rings. The second-order valence-corrected chi connectivity index (χ2v) is 5.49. The zero-order valence-corrected chi connectivity index (χ0v) is 13.1. The van der Waals surface area contributed by atoms with Gasteiger partial charge in [0.1, 0.15) is 12.1 Å². The van der Waals surface area contributed by atoms with Crippen LogP contribution >= 0.6 is 0 Å². The number of nitrogens with zero attached hydrogens (tertiary/aromatic N) is 4. The summed E-state index contributed by atoms with van der Waals surface area (Å²) in [5, 5.41) is 0. The highest BCUT2D eigenvalue weighted by Crippen LogP contribution is 2.22. The minimum atomic E-state index is 0.219. The molecule has 0 bridgehead atoms. The Morgan fingerprint density at radius 2 is 2.29 bits per heavy atom. The summed E-state index contributed by atoms with van der Waals surface area (Å²) >= 11 is 0. The lowest BCUT2D eigenvalue weighted by molar-refractivity contribution is -0.128. The lowest BCUT2D eigenvalue weighted by Crippen LogP contribution is -2.29. The molecule has 1 aliphatic rings. The van der Waals surface area contributed by atoms with Crippen LogP contribution in [0.2, 0.25) is 0 Å². The van der Waals surface area contributed by atoms with Gasteiger partial charge in [-0.15, -0.1) is 0 Å². The van der Waals surface area contributed by atoms with E-state index in [-0.39, 0.29) is 5.91 Å². The van der Waals surface area contributed by atoms with Gasteiger partial charge in [0.15, 0.2) is 0 Å². The van der Waals surface area contributed by atoms with Crippen LogP contribution < -0.4 is 4.90 Å². The Morgan fingerprint density at radius 3 is 3.00 bits per heavy atom. The van der Waals surface area contributed by atoms with Crippen molar-refractivity contribution < 1.29 is 9.53 Å². The van der Waals surface area contributed by atoms with Gasteiger partial charge in [-0.2, -0.15) is 0 Å². The molecule has 0 aliphatic carbocycles. The van der Waals surface area contributed by atoms with Gasteiger partial charge in [0.25, 0.3) is 0 Å². The van der Waals surface area contributed by atoms with Gasteiger partial charge >= 0.3 is 0 Å². The Balaban J connectivity index is 1.95. The van der Waals surface area contributed by atoms with E-state index in [4.69, 9.17) is 4.74 Å². The molecule has 6 nitrogen and oxygen atoms in total. The molecule has 0 saturated carbocycles. The minimum absolute atomic E-state index is 0.219. The Kier molecular flexibility index (Phi) is 5.50. The molecule has 0 N–H and O–H groups in total. The van der Waals surface area contributed by atoms with Gasteiger partial charge in [-0.05, 0) is 19.3 Å². The summed E-state index contributed by atoms with van der Waals surface area (Å²) < 4.78 is 5.04. The Hall–Kier alpha value is -1.69. The Bertz CT molecular complexity index is 480. The molecule has 1 amide bonds. The van der Waals surface area contributed by atoms with Crippen LogP contribution in [0.4, 0.5) is 5.82 Å². The lowest BCUT2D eigenvalue weighted by Gasteiger charge is -2.17. The molecule has 0 unspecified atom stereocenters. The third kappa shape index (κ3) is 4.14. The van der Waals surface area contributed by atoms with Crippen LogP contribution in [0, 0.1) is 5.92 Å². The predicted octanol–water partition coefficient (Wildman–Crippen LogP) is 0.970. The molecular formula is C15H24N4O2. The van der Waals surface area contributed by atoms with E-state index in [9.17, 15) is 4.79 Å². The second-order valence-electron chi connectivity index (χ2n) is 5.49. The quantitative estimate of drug-likeness (QED) is 0.749. The SMILES string of the molecule is CCN(C)c1cc(C[C@H]2CC(=O)N(CCOC)C2)ncn1. The molecule has 116 valence electrons. The monoisotopic (exact) mass is 292 g/mol. The van der Waals surface area contributed by atoms with Crippen molar-refractivity contribution in [1.29, 1.82) is 0 Å². The summed E-state index contributed by atoms with van der Waals surface area (Å²) in [6.07, 6.45) is 3.03. The van der Waals surface area contributed by atoms with Crippen molar-refractivity contribution in [3.63, 3.8) is 0 Å². The second kappa shape index (κ2) is 7.36. The highest BCUT2D eigenvalue weighted by atomic mass is 16.5. The molecule has 6 heteroatoms. The summed E-state index contributed by atoms with van der Waals surface area (Å²) in [6.45, 7) is 5.07. The van der Waals surface area contributed by atoms with Crippen LogP contribution in [-0.4, -0.2) is 61.2 Å². The van der Waals surface area contributed by atoms with Crippen LogP contribution in [0.25, 0.3) is 0 Å². The molecular weight excluding hydrogens is 268 g/mol. The molecule has 21 heavy (non-hydrogen) atoms. The van der Waals surface area contributed by atoms with Crippen molar-refractivity contribution in [3.8, 4) is 0 Å². The van der Waals surface area contributed by atoms with Gasteiger partial charge in [0, 0.05) is 52.0 Å². The first-order chi connectivity index (χ1) is 10.1. The summed E-state index contributed by atoms with van der Waals surface area (Å²) in [6, 6.07) is 2.02. The molecule has 0 spiro atoms. The molecule has 0 radical (unpaired) electrons. The molecule has 1 aromatic heterocycles. The van der Waals surface area contributed by atoms with Crippen molar-refractivity contribution >= 4 is 11.7 Å². The highest BCUT2D eigenvalue weighted by molar-refractivity contribution is 5.78. The molecule has 0 aromatic carbocycles. The minimum Gasteiger partial charge on any atom is -0.383 e. The summed E-state index contributed by atoms with van der Waals surface area (Å²) in [7, 11) is 3.67. The first-order valence-corrected chi connectivity index (χ1v) is 7.42. The normalized spacial score (nSPS) is 18.3. The maximum Gasteiger partial charge on any atom is 0.223 e. The number of hydrogen-bond acceptors (Lipinski definition) is 5. The summed E-state index contributed by atoms with van der Waals surface area (Å²) in [4.78, 5) is 24.5. The Morgan fingerprint density at radius 1 is 1.48 bits per heavy atom. The zero-order chi connectivity index (χ0) is 15.2. The van der Waals surface area contributed by atoms with Crippen LogP contribution in [0.15, 0.2) is 12.4 Å². The van der Waals surface area contributed by atoms with E-state index in [1.165, 1.54) is 0 Å². The van der Waals surface area contributed by atoms with E-state index in [0.717, 1.165) is 31.0 Å². The molecule has 1 aliphatic heterocycles. The van der Waals surface area contributed by atoms with E-state index >= 15 is 0 Å². The van der Waals surface area contributed by atoms with E-state index < -0.39 is 0 Å². The number of anilines is 1.